The lowest BCUT2D eigenvalue weighted by Crippen LogP contribution is -3.12. The Morgan fingerprint density at radius 2 is 1.29 bits per heavy atom. The molecule has 1 aliphatic carbocycles. The lowest BCUT2D eigenvalue weighted by atomic mass is 9.89. The van der Waals surface area contributed by atoms with Gasteiger partial charge in [-0.05, 0) is 55.5 Å². The summed E-state index contributed by atoms with van der Waals surface area (Å²) in [5.41, 5.74) is 1.54. The molecule has 1 atom stereocenters. The molecule has 3 fully saturated rings. The van der Waals surface area contributed by atoms with E-state index in [2.05, 4.69) is 6.58 Å². The van der Waals surface area contributed by atoms with Gasteiger partial charge in [-0.3, -0.25) is 0 Å². The standard InChI is InChI=1S/C30H51N5O4S2.ClH/c1-27-24-34(40(36,37)30-16-14-29(15-17-30)31(2)3)22-10-18-32(26-28-12-6-4-7-13-28)19-11-23-35(25-27)41(38,39)33-20-8-5-9-21-33;/h14-17,28H,1,4-13,18-26H2,2-3H3;1H. The molecule has 1 aromatic rings. The molecule has 1 aromatic carbocycles. The van der Waals surface area contributed by atoms with Crippen molar-refractivity contribution in [2.24, 2.45) is 5.92 Å². The quantitative estimate of drug-likeness (QED) is 0.408. The fraction of sp³-hybridized carbons (Fsp3) is 0.733. The number of halogens is 1. The number of benzene rings is 1. The van der Waals surface area contributed by atoms with Gasteiger partial charge in [0.05, 0.1) is 24.5 Å². The number of nitrogens with zero attached hydrogens (tertiary/aromatic N) is 4. The molecule has 2 heterocycles. The smallest absolute Gasteiger partial charge is 0.282 e. The van der Waals surface area contributed by atoms with Gasteiger partial charge in [-0.1, -0.05) is 32.3 Å². The molecule has 0 aromatic heterocycles. The first kappa shape index (κ1) is 35.3. The predicted octanol–water partition coefficient (Wildman–Crippen LogP) is -0.405. The van der Waals surface area contributed by atoms with Crippen LogP contribution in [0.3, 0.4) is 0 Å². The zero-order valence-corrected chi connectivity index (χ0v) is 28.0. The highest BCUT2D eigenvalue weighted by Gasteiger charge is 2.33. The van der Waals surface area contributed by atoms with Gasteiger partial charge in [0.25, 0.3) is 10.2 Å². The van der Waals surface area contributed by atoms with Crippen molar-refractivity contribution in [1.29, 1.82) is 0 Å². The lowest BCUT2D eigenvalue weighted by Gasteiger charge is -2.34. The molecule has 240 valence electrons. The average molecular weight is 646 g/mol. The van der Waals surface area contributed by atoms with Gasteiger partial charge in [-0.25, -0.2) is 8.42 Å². The highest BCUT2D eigenvalue weighted by molar-refractivity contribution is 7.89. The van der Waals surface area contributed by atoms with Crippen molar-refractivity contribution in [2.75, 3.05) is 77.9 Å². The van der Waals surface area contributed by atoms with E-state index in [-0.39, 0.29) is 30.4 Å². The van der Waals surface area contributed by atoms with Crippen molar-refractivity contribution in [2.45, 2.75) is 69.1 Å². The average Bonchev–Trinajstić information content (AvgIpc) is 2.96. The maximum Gasteiger partial charge on any atom is 0.282 e. The summed E-state index contributed by atoms with van der Waals surface area (Å²) >= 11 is 0. The van der Waals surface area contributed by atoms with Crippen molar-refractivity contribution in [1.82, 2.24) is 12.9 Å². The minimum Gasteiger partial charge on any atom is -1.00 e. The second kappa shape index (κ2) is 16.2. The van der Waals surface area contributed by atoms with Crippen molar-refractivity contribution in [3.8, 4) is 0 Å². The molecule has 3 aliphatic rings. The Bertz CT molecular complexity index is 1200. The molecule has 12 heteroatoms. The maximum absolute atomic E-state index is 13.9. The van der Waals surface area contributed by atoms with Gasteiger partial charge >= 0.3 is 0 Å². The van der Waals surface area contributed by atoms with E-state index in [9.17, 15) is 16.8 Å². The second-order valence-corrected chi connectivity index (χ2v) is 16.3. The minimum atomic E-state index is -3.78. The third kappa shape index (κ3) is 9.39. The monoisotopic (exact) mass is 645 g/mol. The zero-order chi connectivity index (χ0) is 29.5. The molecule has 2 aliphatic heterocycles. The Kier molecular flexibility index (Phi) is 13.6. The van der Waals surface area contributed by atoms with Crippen LogP contribution in [0.2, 0.25) is 0 Å². The van der Waals surface area contributed by atoms with Gasteiger partial charge in [0, 0.05) is 77.8 Å². The van der Waals surface area contributed by atoms with Crippen molar-refractivity contribution >= 4 is 25.9 Å². The molecule has 9 nitrogen and oxygen atoms in total. The molecule has 42 heavy (non-hydrogen) atoms. The van der Waals surface area contributed by atoms with Crippen molar-refractivity contribution in [3.05, 3.63) is 36.4 Å². The van der Waals surface area contributed by atoms with Gasteiger partial charge in [-0.15, -0.1) is 0 Å². The van der Waals surface area contributed by atoms with Crippen LogP contribution in [0, 0.1) is 5.92 Å². The Labute approximate surface area is 261 Å². The van der Waals surface area contributed by atoms with Crippen molar-refractivity contribution < 1.29 is 34.1 Å². The number of hydrogen-bond donors (Lipinski definition) is 1. The van der Waals surface area contributed by atoms with Crippen LogP contribution in [0.5, 0.6) is 0 Å². The fourth-order valence-corrected chi connectivity index (χ4v) is 9.82. The third-order valence-electron chi connectivity index (χ3n) is 8.94. The number of hydrogen-bond acceptors (Lipinski definition) is 5. The minimum absolute atomic E-state index is 0. The highest BCUT2D eigenvalue weighted by Crippen LogP contribution is 2.24. The summed E-state index contributed by atoms with van der Waals surface area (Å²) in [7, 11) is -3.57. The summed E-state index contributed by atoms with van der Waals surface area (Å²) in [5.74, 6) is 0.703. The van der Waals surface area contributed by atoms with E-state index < -0.39 is 20.2 Å². The summed E-state index contributed by atoms with van der Waals surface area (Å²) in [6, 6.07) is 6.97. The van der Waals surface area contributed by atoms with E-state index in [4.69, 9.17) is 0 Å². The van der Waals surface area contributed by atoms with Gasteiger partial charge < -0.3 is 22.2 Å². The Hall–Kier alpha value is -1.21. The molecule has 1 saturated carbocycles. The lowest BCUT2D eigenvalue weighted by molar-refractivity contribution is -0.904. The molecule has 1 N–H and O–H groups in total. The van der Waals surface area contributed by atoms with E-state index in [0.717, 1.165) is 57.4 Å². The normalized spacial score (nSPS) is 23.9. The van der Waals surface area contributed by atoms with Crippen LogP contribution >= 0.6 is 0 Å². The molecule has 0 radical (unpaired) electrons. The first-order chi connectivity index (χ1) is 19.6. The van der Waals surface area contributed by atoms with Crippen LogP contribution in [0.25, 0.3) is 0 Å². The zero-order valence-electron chi connectivity index (χ0n) is 25.6. The van der Waals surface area contributed by atoms with Crippen LogP contribution in [-0.2, 0) is 20.2 Å². The van der Waals surface area contributed by atoms with E-state index in [1.165, 1.54) is 41.3 Å². The van der Waals surface area contributed by atoms with Gasteiger partial charge in [0.1, 0.15) is 0 Å². The van der Waals surface area contributed by atoms with E-state index in [1.54, 1.807) is 20.7 Å². The summed E-state index contributed by atoms with van der Waals surface area (Å²) in [4.78, 5) is 3.67. The van der Waals surface area contributed by atoms with Crippen LogP contribution in [0.15, 0.2) is 41.3 Å². The number of anilines is 1. The maximum atomic E-state index is 13.9. The van der Waals surface area contributed by atoms with Gasteiger partial charge in [-0.2, -0.15) is 21.3 Å². The van der Waals surface area contributed by atoms with Crippen LogP contribution in [-0.4, -0.2) is 103 Å². The predicted molar refractivity (Wildman–Crippen MR) is 166 cm³/mol. The van der Waals surface area contributed by atoms with Crippen LogP contribution in [0.1, 0.15) is 64.2 Å². The summed E-state index contributed by atoms with van der Waals surface area (Å²) in [6.07, 6.45) is 10.8. The largest absolute Gasteiger partial charge is 1.00 e. The number of quaternary nitrogens is 1. The second-order valence-electron chi connectivity index (χ2n) is 12.4. The SMILES string of the molecule is C=C1CN(S(=O)(=O)c2ccc(N(C)C)cc2)CCC[NH+](CC2CCCCC2)CCCN(S(=O)(=O)N2CCCCC2)C1.[Cl-]. The topological polar surface area (TPSA) is 85.7 Å². The molecule has 0 bridgehead atoms. The molecule has 0 amide bonds. The Morgan fingerprint density at radius 3 is 1.88 bits per heavy atom. The summed E-state index contributed by atoms with van der Waals surface area (Å²) in [5, 5.41) is 0. The highest BCUT2D eigenvalue weighted by atomic mass is 35.5. The molecule has 4 rings (SSSR count). The molecule has 2 saturated heterocycles. The molecular formula is C30H52ClN5O4S2. The first-order valence-corrected chi connectivity index (χ1v) is 18.4. The van der Waals surface area contributed by atoms with E-state index >= 15 is 0 Å². The number of piperidine rings is 1. The van der Waals surface area contributed by atoms with Gasteiger partial charge in [0.15, 0.2) is 0 Å². The molecule has 0 spiro atoms. The number of sulfonamides is 1. The van der Waals surface area contributed by atoms with E-state index in [0.29, 0.717) is 37.7 Å². The van der Waals surface area contributed by atoms with Crippen LogP contribution < -0.4 is 22.2 Å². The molecule has 1 unspecified atom stereocenters. The van der Waals surface area contributed by atoms with Crippen molar-refractivity contribution in [3.63, 3.8) is 0 Å². The number of nitrogens with one attached hydrogen (secondary N) is 1. The Morgan fingerprint density at radius 1 is 0.762 bits per heavy atom. The Balaban J connectivity index is 0.00000484. The molecular weight excluding hydrogens is 594 g/mol. The summed E-state index contributed by atoms with van der Waals surface area (Å²) < 4.78 is 60.0. The van der Waals surface area contributed by atoms with Crippen LogP contribution in [0.4, 0.5) is 5.69 Å². The summed E-state index contributed by atoms with van der Waals surface area (Å²) in [6.45, 7) is 9.24. The fourth-order valence-electron chi connectivity index (χ4n) is 6.57. The van der Waals surface area contributed by atoms with Gasteiger partial charge in [0.2, 0.25) is 10.0 Å². The third-order valence-corrected chi connectivity index (χ3v) is 12.8. The number of rotatable bonds is 7. The first-order valence-electron chi connectivity index (χ1n) is 15.6. The van der Waals surface area contributed by atoms with E-state index in [1.807, 2.05) is 31.1 Å².